The van der Waals surface area contributed by atoms with Crippen molar-refractivity contribution in [2.75, 3.05) is 26.2 Å². The second-order valence-electron chi connectivity index (χ2n) is 7.25. The first-order valence-electron chi connectivity index (χ1n) is 9.57. The zero-order valence-electron chi connectivity index (χ0n) is 16.7. The second kappa shape index (κ2) is 8.33. The minimum atomic E-state index is -3.67. The molecule has 1 N–H and O–H groups in total. The van der Waals surface area contributed by atoms with E-state index < -0.39 is 15.9 Å². The highest BCUT2D eigenvalue weighted by atomic mass is 35.5. The summed E-state index contributed by atoms with van der Waals surface area (Å²) in [7, 11) is -3.67. The van der Waals surface area contributed by atoms with Crippen LogP contribution in [0.25, 0.3) is 11.0 Å². The zero-order chi connectivity index (χ0) is 22.2. The summed E-state index contributed by atoms with van der Waals surface area (Å²) in [6.45, 7) is 2.61. The fourth-order valence-electron chi connectivity index (χ4n) is 3.51. The van der Waals surface area contributed by atoms with Gasteiger partial charge in [0.25, 0.3) is 5.91 Å². The molecule has 2 heterocycles. The van der Waals surface area contributed by atoms with E-state index in [2.05, 4.69) is 5.16 Å². The van der Waals surface area contributed by atoms with Crippen LogP contribution in [0, 0.1) is 6.92 Å². The topological polar surface area (TPSA) is 103 Å². The Morgan fingerprint density at radius 2 is 1.74 bits per heavy atom. The number of piperazine rings is 1. The molecule has 31 heavy (non-hydrogen) atoms. The van der Waals surface area contributed by atoms with Crippen molar-refractivity contribution in [2.24, 2.45) is 5.16 Å². The molecule has 8 nitrogen and oxygen atoms in total. The third-order valence-corrected chi connectivity index (χ3v) is 7.36. The Morgan fingerprint density at radius 3 is 2.39 bits per heavy atom. The number of sulfonamides is 1. The van der Waals surface area contributed by atoms with Crippen molar-refractivity contribution in [1.82, 2.24) is 9.21 Å². The number of amides is 1. The number of fused-ring (bicyclic) bond motifs is 1. The largest absolute Gasteiger partial charge is 0.451 e. The molecule has 0 aliphatic carbocycles. The SMILES string of the molecule is Cc1ccc2/c(=N/O)cc(C(=O)N3CCN(S(=O)(=O)c4ccc(Cl)cc4)CC3)oc2c1. The molecule has 4 rings (SSSR count). The van der Waals surface area contributed by atoms with Gasteiger partial charge in [-0.2, -0.15) is 4.31 Å². The Morgan fingerprint density at radius 1 is 1.06 bits per heavy atom. The van der Waals surface area contributed by atoms with Gasteiger partial charge in [0, 0.05) is 42.7 Å². The second-order valence-corrected chi connectivity index (χ2v) is 9.62. The number of hydrogen-bond acceptors (Lipinski definition) is 6. The molecule has 1 aromatic heterocycles. The van der Waals surface area contributed by atoms with Crippen molar-refractivity contribution in [3.8, 4) is 0 Å². The van der Waals surface area contributed by atoms with Gasteiger partial charge < -0.3 is 14.5 Å². The predicted octanol–water partition coefficient (Wildman–Crippen LogP) is 2.83. The van der Waals surface area contributed by atoms with Crippen LogP contribution < -0.4 is 5.36 Å². The van der Waals surface area contributed by atoms with Crippen molar-refractivity contribution in [3.05, 3.63) is 70.2 Å². The van der Waals surface area contributed by atoms with Crippen molar-refractivity contribution < 1.29 is 22.8 Å². The van der Waals surface area contributed by atoms with Crippen LogP contribution in [0.15, 0.2) is 63.0 Å². The maximum absolute atomic E-state index is 13.0. The van der Waals surface area contributed by atoms with E-state index in [4.69, 9.17) is 16.0 Å². The molecule has 1 aliphatic rings. The van der Waals surface area contributed by atoms with Crippen LogP contribution in [0.4, 0.5) is 0 Å². The van der Waals surface area contributed by atoms with E-state index in [0.717, 1.165) is 5.56 Å². The fourth-order valence-corrected chi connectivity index (χ4v) is 5.05. The van der Waals surface area contributed by atoms with Gasteiger partial charge in [-0.05, 0) is 48.9 Å². The van der Waals surface area contributed by atoms with Crippen molar-refractivity contribution in [3.63, 3.8) is 0 Å². The molecule has 0 atom stereocenters. The first-order chi connectivity index (χ1) is 14.8. The van der Waals surface area contributed by atoms with Crippen LogP contribution in [-0.4, -0.2) is 54.9 Å². The van der Waals surface area contributed by atoms with Gasteiger partial charge in [0.15, 0.2) is 5.76 Å². The predicted molar refractivity (Wildman–Crippen MR) is 114 cm³/mol. The molecule has 10 heteroatoms. The van der Waals surface area contributed by atoms with Gasteiger partial charge in [-0.1, -0.05) is 22.8 Å². The molecule has 0 bridgehead atoms. The number of rotatable bonds is 3. The normalized spacial score (nSPS) is 16.1. The van der Waals surface area contributed by atoms with Crippen LogP contribution >= 0.6 is 11.6 Å². The van der Waals surface area contributed by atoms with Gasteiger partial charge in [0.2, 0.25) is 10.0 Å². The van der Waals surface area contributed by atoms with E-state index in [9.17, 15) is 18.4 Å². The lowest BCUT2D eigenvalue weighted by Gasteiger charge is -2.33. The standard InChI is InChI=1S/C21H20ClN3O5S/c1-14-2-7-17-18(23-27)13-20(30-19(17)12-14)21(26)24-8-10-25(11-9-24)31(28,29)16-5-3-15(22)4-6-16/h2-7,12-13,27H,8-11H2,1H3/b23-18+. The Labute approximate surface area is 184 Å². The van der Waals surface area contributed by atoms with E-state index in [1.54, 1.807) is 12.1 Å². The van der Waals surface area contributed by atoms with Crippen LogP contribution in [0.3, 0.4) is 0 Å². The van der Waals surface area contributed by atoms with Crippen LogP contribution in [0.2, 0.25) is 5.02 Å². The Balaban J connectivity index is 1.54. The summed E-state index contributed by atoms with van der Waals surface area (Å²) in [5, 5.41) is 13.9. The van der Waals surface area contributed by atoms with E-state index in [0.29, 0.717) is 16.0 Å². The van der Waals surface area contributed by atoms with Gasteiger partial charge in [0.05, 0.1) is 4.90 Å². The third kappa shape index (κ3) is 4.16. The minimum absolute atomic E-state index is 0.0277. The highest BCUT2D eigenvalue weighted by Gasteiger charge is 2.31. The monoisotopic (exact) mass is 461 g/mol. The molecule has 162 valence electrons. The smallest absolute Gasteiger partial charge is 0.289 e. The van der Waals surface area contributed by atoms with Gasteiger partial charge in [-0.25, -0.2) is 8.42 Å². The molecule has 1 amide bonds. The van der Waals surface area contributed by atoms with E-state index in [1.807, 2.05) is 13.0 Å². The Kier molecular flexibility index (Phi) is 5.74. The number of carbonyl (C=O) groups is 1. The summed E-state index contributed by atoms with van der Waals surface area (Å²) in [6, 6.07) is 12.7. The minimum Gasteiger partial charge on any atom is -0.451 e. The van der Waals surface area contributed by atoms with Crippen LogP contribution in [-0.2, 0) is 10.0 Å². The Hall–Kier alpha value is -2.88. The number of aryl methyl sites for hydroxylation is 1. The zero-order valence-corrected chi connectivity index (χ0v) is 18.2. The maximum atomic E-state index is 13.0. The summed E-state index contributed by atoms with van der Waals surface area (Å²) in [5.74, 6) is -0.364. The summed E-state index contributed by atoms with van der Waals surface area (Å²) in [4.78, 5) is 14.7. The van der Waals surface area contributed by atoms with Gasteiger partial charge >= 0.3 is 0 Å². The average molecular weight is 462 g/mol. The molecule has 1 aliphatic heterocycles. The molecule has 2 aromatic carbocycles. The highest BCUT2D eigenvalue weighted by Crippen LogP contribution is 2.21. The first kappa shape index (κ1) is 21.4. The van der Waals surface area contributed by atoms with E-state index in [-0.39, 0.29) is 42.2 Å². The van der Waals surface area contributed by atoms with Gasteiger partial charge in [-0.15, -0.1) is 0 Å². The number of carbonyl (C=O) groups excluding carboxylic acids is 1. The molecule has 0 saturated carbocycles. The molecule has 1 fully saturated rings. The lowest BCUT2D eigenvalue weighted by molar-refractivity contribution is 0.0666. The molecule has 1 saturated heterocycles. The number of halogens is 1. The average Bonchev–Trinajstić information content (AvgIpc) is 2.78. The quantitative estimate of drug-likeness (QED) is 0.477. The Bertz CT molecular complexity index is 1310. The van der Waals surface area contributed by atoms with E-state index in [1.165, 1.54) is 39.5 Å². The number of benzene rings is 2. The fraction of sp³-hybridized carbons (Fsp3) is 0.238. The molecule has 0 unspecified atom stereocenters. The summed E-state index contributed by atoms with van der Waals surface area (Å²) >= 11 is 5.84. The van der Waals surface area contributed by atoms with Gasteiger partial charge in [0.1, 0.15) is 10.9 Å². The third-order valence-electron chi connectivity index (χ3n) is 5.20. The molecule has 0 spiro atoms. The summed E-state index contributed by atoms with van der Waals surface area (Å²) in [6.07, 6.45) is 0. The lowest BCUT2D eigenvalue weighted by Crippen LogP contribution is -2.50. The van der Waals surface area contributed by atoms with Crippen molar-refractivity contribution in [1.29, 1.82) is 0 Å². The van der Waals surface area contributed by atoms with Crippen molar-refractivity contribution >= 4 is 38.5 Å². The summed E-state index contributed by atoms with van der Waals surface area (Å²) < 4.78 is 32.8. The van der Waals surface area contributed by atoms with Crippen LogP contribution in [0.5, 0.6) is 0 Å². The maximum Gasteiger partial charge on any atom is 0.289 e. The lowest BCUT2D eigenvalue weighted by atomic mass is 10.1. The first-order valence-corrected chi connectivity index (χ1v) is 11.4. The summed E-state index contributed by atoms with van der Waals surface area (Å²) in [5.41, 5.74) is 1.37. The number of nitrogens with zero attached hydrogens (tertiary/aromatic N) is 3. The molecular weight excluding hydrogens is 442 g/mol. The van der Waals surface area contributed by atoms with Crippen LogP contribution in [0.1, 0.15) is 16.1 Å². The van der Waals surface area contributed by atoms with E-state index >= 15 is 0 Å². The van der Waals surface area contributed by atoms with Crippen molar-refractivity contribution in [2.45, 2.75) is 11.8 Å². The molecule has 3 aromatic rings. The molecule has 0 radical (unpaired) electrons. The number of hydrogen-bond donors (Lipinski definition) is 1. The highest BCUT2D eigenvalue weighted by molar-refractivity contribution is 7.89. The van der Waals surface area contributed by atoms with Gasteiger partial charge in [-0.3, -0.25) is 4.79 Å². The molecular formula is C21H20ClN3O5S.